The highest BCUT2D eigenvalue weighted by atomic mass is 32.7. The van der Waals surface area contributed by atoms with E-state index in [1.807, 2.05) is 19.9 Å². The van der Waals surface area contributed by atoms with Crippen molar-refractivity contribution in [3.05, 3.63) is 34.4 Å². The number of hydrogen-bond acceptors (Lipinski definition) is 4. The van der Waals surface area contributed by atoms with Crippen LogP contribution in [0.4, 0.5) is 0 Å². The average Bonchev–Trinajstić information content (AvgIpc) is 2.62. The van der Waals surface area contributed by atoms with Gasteiger partial charge in [0.1, 0.15) is 12.2 Å². The molecule has 100 valence electrons. The maximum absolute atomic E-state index is 12.2. The lowest BCUT2D eigenvalue weighted by Gasteiger charge is -2.09. The van der Waals surface area contributed by atoms with Crippen molar-refractivity contribution in [2.24, 2.45) is 0 Å². The molecule has 5 nitrogen and oxygen atoms in total. The van der Waals surface area contributed by atoms with Crippen LogP contribution in [-0.2, 0) is 22.0 Å². The summed E-state index contributed by atoms with van der Waals surface area (Å²) in [6.07, 6.45) is 1.42. The first-order valence-corrected chi connectivity index (χ1v) is 8.22. The van der Waals surface area contributed by atoms with Gasteiger partial charge in [-0.1, -0.05) is 25.0 Å². The Morgan fingerprint density at radius 2 is 1.89 bits per heavy atom. The van der Waals surface area contributed by atoms with Crippen LogP contribution < -0.4 is 0 Å². The molecule has 0 spiro atoms. The van der Waals surface area contributed by atoms with Gasteiger partial charge >= 0.3 is 7.23 Å². The topological polar surface area (TPSA) is 63.7 Å². The number of nitrogens with zero attached hydrogens (tertiary/aromatic N) is 1. The van der Waals surface area contributed by atoms with E-state index < -0.39 is 19.0 Å². The molecule has 1 aromatic rings. The molecule has 0 bridgehead atoms. The predicted octanol–water partition coefficient (Wildman–Crippen LogP) is 2.93. The standard InChI is InChI=1S/C12H12NO4PS/c1-3-7-5-6-9-10(8(7)4-2)12(15)13(11(9)14)17-18(16)19/h5-6H,3-4H2,1-2H3/p+1. The summed E-state index contributed by atoms with van der Waals surface area (Å²) in [6, 6.07) is 3.45. The summed E-state index contributed by atoms with van der Waals surface area (Å²) in [4.78, 5) is 24.2. The Kier molecular flexibility index (Phi) is 4.04. The highest BCUT2D eigenvalue weighted by Crippen LogP contribution is 2.35. The molecule has 0 aromatic heterocycles. The lowest BCUT2D eigenvalue weighted by atomic mass is 9.94. The molecule has 7 heteroatoms. The number of thiol groups is 1. The molecule has 1 atom stereocenters. The second kappa shape index (κ2) is 5.41. The van der Waals surface area contributed by atoms with Gasteiger partial charge in [0.25, 0.3) is 11.8 Å². The van der Waals surface area contributed by atoms with E-state index in [2.05, 4.69) is 12.2 Å². The van der Waals surface area contributed by atoms with Crippen LogP contribution in [0.2, 0.25) is 0 Å². The molecule has 0 radical (unpaired) electrons. The van der Waals surface area contributed by atoms with Crippen LogP contribution in [0.5, 0.6) is 0 Å². The number of carbonyl (C=O) groups is 2. The van der Waals surface area contributed by atoms with Gasteiger partial charge in [0, 0.05) is 4.62 Å². The van der Waals surface area contributed by atoms with E-state index in [1.54, 1.807) is 6.07 Å². The predicted molar refractivity (Wildman–Crippen MR) is 73.4 cm³/mol. The van der Waals surface area contributed by atoms with E-state index in [4.69, 9.17) is 4.62 Å². The molecular formula is C12H13NO4PS+. The van der Waals surface area contributed by atoms with E-state index in [0.29, 0.717) is 22.6 Å². The van der Waals surface area contributed by atoms with Crippen molar-refractivity contribution in [3.63, 3.8) is 0 Å². The third-order valence-electron chi connectivity index (χ3n) is 3.11. The van der Waals surface area contributed by atoms with E-state index >= 15 is 0 Å². The fourth-order valence-electron chi connectivity index (χ4n) is 2.30. The van der Waals surface area contributed by atoms with Gasteiger partial charge in [-0.3, -0.25) is 9.59 Å². The Morgan fingerprint density at radius 1 is 1.21 bits per heavy atom. The Labute approximate surface area is 116 Å². The molecule has 0 saturated carbocycles. The SMILES string of the molecule is CCc1ccc2c(c1CC)C(=O)N(O[P+](=O)S)C2=O. The monoisotopic (exact) mass is 298 g/mol. The fraction of sp³-hybridized carbons (Fsp3) is 0.333. The number of hydrogen-bond donors (Lipinski definition) is 1. The number of amides is 2. The normalized spacial score (nSPS) is 14.9. The second-order valence-electron chi connectivity index (χ2n) is 4.06. The first-order valence-electron chi connectivity index (χ1n) is 5.89. The van der Waals surface area contributed by atoms with Gasteiger partial charge in [-0.25, -0.2) is 0 Å². The summed E-state index contributed by atoms with van der Waals surface area (Å²) in [5, 5.41) is 0.537. The van der Waals surface area contributed by atoms with Crippen LogP contribution in [0.3, 0.4) is 0 Å². The zero-order valence-corrected chi connectivity index (χ0v) is 12.3. The highest BCUT2D eigenvalue weighted by Gasteiger charge is 2.43. The fourth-order valence-corrected chi connectivity index (χ4v) is 2.80. The number of imide groups is 1. The third kappa shape index (κ3) is 2.31. The average molecular weight is 298 g/mol. The molecule has 2 amide bonds. The Morgan fingerprint density at radius 3 is 2.42 bits per heavy atom. The molecule has 0 N–H and O–H groups in total. The van der Waals surface area contributed by atoms with Gasteiger partial charge in [0.15, 0.2) is 0 Å². The van der Waals surface area contributed by atoms with Gasteiger partial charge in [0.2, 0.25) is 0 Å². The molecule has 2 rings (SSSR count). The molecule has 0 fully saturated rings. The zero-order chi connectivity index (χ0) is 14.2. The van der Waals surface area contributed by atoms with Gasteiger partial charge in [-0.2, -0.15) is 0 Å². The number of carbonyl (C=O) groups excluding carboxylic acids is 2. The van der Waals surface area contributed by atoms with Crippen LogP contribution in [-0.4, -0.2) is 16.9 Å². The van der Waals surface area contributed by atoms with Crippen molar-refractivity contribution in [1.29, 1.82) is 0 Å². The van der Waals surface area contributed by atoms with E-state index in [-0.39, 0.29) is 0 Å². The number of hydroxylamine groups is 2. The minimum atomic E-state index is -2.36. The molecule has 0 aliphatic carbocycles. The van der Waals surface area contributed by atoms with E-state index in [1.165, 1.54) is 0 Å². The zero-order valence-electron chi connectivity index (χ0n) is 10.5. The molecule has 1 heterocycles. The smallest absolute Gasteiger partial charge is 0.266 e. The van der Waals surface area contributed by atoms with Crippen LogP contribution >= 0.6 is 19.5 Å². The summed E-state index contributed by atoms with van der Waals surface area (Å²) >= 11 is 3.56. The minimum absolute atomic E-state index is 0.296. The Bertz CT molecular complexity index is 587. The number of rotatable bonds is 4. The Balaban J connectivity index is 2.56. The van der Waals surface area contributed by atoms with Gasteiger partial charge in [-0.15, -0.1) is 0 Å². The number of fused-ring (bicyclic) bond motifs is 1. The molecule has 1 unspecified atom stereocenters. The number of aryl methyl sites for hydroxylation is 1. The minimum Gasteiger partial charge on any atom is -0.266 e. The molecule has 1 aromatic carbocycles. The van der Waals surface area contributed by atoms with Crippen molar-refractivity contribution < 1.29 is 18.8 Å². The van der Waals surface area contributed by atoms with Crippen LogP contribution in [0.1, 0.15) is 45.7 Å². The molecule has 1 aliphatic rings. The van der Waals surface area contributed by atoms with Crippen molar-refractivity contribution in [2.45, 2.75) is 26.7 Å². The third-order valence-corrected chi connectivity index (χ3v) is 3.63. The second-order valence-corrected chi connectivity index (χ2v) is 5.68. The maximum Gasteiger partial charge on any atom is 0.607 e. The van der Waals surface area contributed by atoms with Crippen molar-refractivity contribution in [3.8, 4) is 0 Å². The highest BCUT2D eigenvalue weighted by molar-refractivity contribution is 8.39. The summed E-state index contributed by atoms with van der Waals surface area (Å²) in [6.45, 7) is 3.91. The number of benzene rings is 1. The molecular weight excluding hydrogens is 285 g/mol. The largest absolute Gasteiger partial charge is 0.607 e. The van der Waals surface area contributed by atoms with Crippen LogP contribution in [0.15, 0.2) is 12.1 Å². The van der Waals surface area contributed by atoms with Gasteiger partial charge in [0.05, 0.1) is 11.1 Å². The van der Waals surface area contributed by atoms with Crippen LogP contribution in [0.25, 0.3) is 0 Å². The van der Waals surface area contributed by atoms with E-state index in [9.17, 15) is 14.2 Å². The van der Waals surface area contributed by atoms with Crippen molar-refractivity contribution >= 4 is 31.3 Å². The quantitative estimate of drug-likeness (QED) is 0.527. The van der Waals surface area contributed by atoms with E-state index in [0.717, 1.165) is 17.5 Å². The summed E-state index contributed by atoms with van der Waals surface area (Å²) in [5.41, 5.74) is 2.53. The summed E-state index contributed by atoms with van der Waals surface area (Å²) in [7, 11) is -2.36. The van der Waals surface area contributed by atoms with Crippen LogP contribution in [0, 0.1) is 0 Å². The first kappa shape index (κ1) is 14.2. The maximum atomic E-state index is 12.2. The lowest BCUT2D eigenvalue weighted by Crippen LogP contribution is -2.27. The Hall–Kier alpha value is -1.23. The summed E-state index contributed by atoms with van der Waals surface area (Å²) in [5.74, 6) is -1.15. The molecule has 0 saturated heterocycles. The molecule has 19 heavy (non-hydrogen) atoms. The summed E-state index contributed by atoms with van der Waals surface area (Å²) < 4.78 is 15.7. The van der Waals surface area contributed by atoms with Crippen molar-refractivity contribution in [1.82, 2.24) is 5.06 Å². The molecule has 1 aliphatic heterocycles. The van der Waals surface area contributed by atoms with Gasteiger partial charge < -0.3 is 0 Å². The lowest BCUT2D eigenvalue weighted by molar-refractivity contribution is -0.00760. The van der Waals surface area contributed by atoms with Crippen molar-refractivity contribution in [2.75, 3.05) is 0 Å². The first-order chi connectivity index (χ1) is 9.01. The van der Waals surface area contributed by atoms with Gasteiger partial charge in [-0.05, 0) is 34.6 Å².